The van der Waals surface area contributed by atoms with Crippen molar-refractivity contribution in [2.75, 3.05) is 10.0 Å². The van der Waals surface area contributed by atoms with Gasteiger partial charge in [0.1, 0.15) is 16.2 Å². The molecule has 1 amide bonds. The van der Waals surface area contributed by atoms with Gasteiger partial charge in [-0.2, -0.15) is 5.10 Å². The smallest absolute Gasteiger partial charge is 0.265 e. The molecule has 9 nitrogen and oxygen atoms in total. The van der Waals surface area contributed by atoms with Crippen LogP contribution in [-0.4, -0.2) is 29.3 Å². The molecule has 0 bridgehead atoms. The maximum atomic E-state index is 12.7. The molecular formula is C20H17N5O4S. The molecular weight excluding hydrogens is 406 g/mol. The Labute approximate surface area is 172 Å². The Kier molecular flexibility index (Phi) is 5.07. The van der Waals surface area contributed by atoms with Gasteiger partial charge in [0.25, 0.3) is 15.9 Å². The third kappa shape index (κ3) is 4.08. The van der Waals surface area contributed by atoms with Gasteiger partial charge in [0, 0.05) is 11.4 Å². The molecule has 10 heteroatoms. The van der Waals surface area contributed by atoms with E-state index in [-0.39, 0.29) is 10.8 Å². The fraction of sp³-hybridized carbons (Fsp3) is 0.0500. The molecule has 0 aliphatic rings. The first-order valence-corrected chi connectivity index (χ1v) is 10.4. The highest BCUT2D eigenvalue weighted by Crippen LogP contribution is 2.20. The summed E-state index contributed by atoms with van der Waals surface area (Å²) in [6, 6.07) is 15.5. The van der Waals surface area contributed by atoms with Crippen molar-refractivity contribution in [3.63, 3.8) is 0 Å². The summed E-state index contributed by atoms with van der Waals surface area (Å²) in [5.74, 6) is 0.0448. The summed E-state index contributed by atoms with van der Waals surface area (Å²) in [6.45, 7) is 1.64. The summed E-state index contributed by atoms with van der Waals surface area (Å²) in [6.07, 6.45) is 4.06. The maximum Gasteiger partial charge on any atom is 0.265 e. The molecule has 30 heavy (non-hydrogen) atoms. The molecule has 0 aliphatic carbocycles. The van der Waals surface area contributed by atoms with Gasteiger partial charge in [-0.15, -0.1) is 0 Å². The van der Waals surface area contributed by atoms with Crippen LogP contribution in [0, 0.1) is 6.92 Å². The van der Waals surface area contributed by atoms with E-state index in [1.165, 1.54) is 23.3 Å². The van der Waals surface area contributed by atoms with Crippen molar-refractivity contribution in [3.8, 4) is 5.69 Å². The Hall–Kier alpha value is -3.92. The lowest BCUT2D eigenvalue weighted by atomic mass is 10.2. The molecule has 0 unspecified atom stereocenters. The van der Waals surface area contributed by atoms with E-state index in [2.05, 4.69) is 20.3 Å². The Morgan fingerprint density at radius 3 is 2.37 bits per heavy atom. The van der Waals surface area contributed by atoms with Gasteiger partial charge in [0.15, 0.2) is 0 Å². The van der Waals surface area contributed by atoms with Crippen LogP contribution in [0.25, 0.3) is 5.69 Å². The van der Waals surface area contributed by atoms with Gasteiger partial charge in [-0.3, -0.25) is 9.52 Å². The van der Waals surface area contributed by atoms with E-state index in [0.29, 0.717) is 22.7 Å². The molecule has 2 N–H and O–H groups in total. The number of benzene rings is 2. The predicted molar refractivity (Wildman–Crippen MR) is 110 cm³/mol. The van der Waals surface area contributed by atoms with Gasteiger partial charge in [-0.05, 0) is 43.3 Å². The molecule has 0 spiro atoms. The van der Waals surface area contributed by atoms with Crippen molar-refractivity contribution in [1.82, 2.24) is 14.9 Å². The Morgan fingerprint density at radius 2 is 1.70 bits per heavy atom. The van der Waals surface area contributed by atoms with Crippen molar-refractivity contribution in [1.29, 1.82) is 0 Å². The van der Waals surface area contributed by atoms with Crippen LogP contribution in [0.5, 0.6) is 0 Å². The minimum absolute atomic E-state index is 0.0339. The van der Waals surface area contributed by atoms with Crippen LogP contribution < -0.4 is 10.0 Å². The number of amides is 1. The number of sulfonamides is 1. The SMILES string of the molecule is Cc1oncc1C(=O)Nc1ccc(NS(=O)(=O)c2cnn(-c3ccccc3)c2)cc1. The molecule has 2 aromatic heterocycles. The van der Waals surface area contributed by atoms with Crippen LogP contribution >= 0.6 is 0 Å². The van der Waals surface area contributed by atoms with E-state index in [1.807, 2.05) is 30.3 Å². The number of rotatable bonds is 6. The van der Waals surface area contributed by atoms with Crippen molar-refractivity contribution < 1.29 is 17.7 Å². The normalized spacial score (nSPS) is 11.2. The fourth-order valence-electron chi connectivity index (χ4n) is 2.72. The molecule has 2 heterocycles. The number of carbonyl (C=O) groups is 1. The van der Waals surface area contributed by atoms with Gasteiger partial charge in [0.05, 0.1) is 24.3 Å². The highest BCUT2D eigenvalue weighted by Gasteiger charge is 2.18. The van der Waals surface area contributed by atoms with Crippen LogP contribution in [0.1, 0.15) is 16.1 Å². The number of carbonyl (C=O) groups excluding carboxylic acids is 1. The van der Waals surface area contributed by atoms with Crippen LogP contribution in [0.4, 0.5) is 11.4 Å². The number of nitrogens with one attached hydrogen (secondary N) is 2. The van der Waals surface area contributed by atoms with Gasteiger partial charge >= 0.3 is 0 Å². The van der Waals surface area contributed by atoms with Crippen LogP contribution in [0.3, 0.4) is 0 Å². The van der Waals surface area contributed by atoms with E-state index >= 15 is 0 Å². The molecule has 152 valence electrons. The minimum atomic E-state index is -3.82. The molecule has 0 aliphatic heterocycles. The quantitative estimate of drug-likeness (QED) is 0.491. The van der Waals surface area contributed by atoms with Gasteiger partial charge in [-0.25, -0.2) is 13.1 Å². The van der Waals surface area contributed by atoms with Crippen LogP contribution in [0.2, 0.25) is 0 Å². The van der Waals surface area contributed by atoms with Gasteiger partial charge < -0.3 is 9.84 Å². The number of hydrogen-bond acceptors (Lipinski definition) is 6. The van der Waals surface area contributed by atoms with Gasteiger partial charge in [-0.1, -0.05) is 23.4 Å². The molecule has 0 atom stereocenters. The first-order chi connectivity index (χ1) is 14.4. The van der Waals surface area contributed by atoms with Gasteiger partial charge in [0.2, 0.25) is 0 Å². The molecule has 0 saturated heterocycles. The number of hydrogen-bond donors (Lipinski definition) is 2. The number of anilines is 2. The zero-order valence-corrected chi connectivity index (χ0v) is 16.6. The van der Waals surface area contributed by atoms with Crippen molar-refractivity contribution in [3.05, 3.63) is 84.5 Å². The zero-order chi connectivity index (χ0) is 21.1. The van der Waals surface area contributed by atoms with E-state index in [9.17, 15) is 13.2 Å². The summed E-state index contributed by atoms with van der Waals surface area (Å²) >= 11 is 0. The van der Waals surface area contributed by atoms with Crippen molar-refractivity contribution in [2.45, 2.75) is 11.8 Å². The predicted octanol–water partition coefficient (Wildman–Crippen LogP) is 3.22. The molecule has 0 radical (unpaired) electrons. The summed E-state index contributed by atoms with van der Waals surface area (Å²) in [4.78, 5) is 12.2. The zero-order valence-electron chi connectivity index (χ0n) is 15.8. The highest BCUT2D eigenvalue weighted by molar-refractivity contribution is 7.92. The van der Waals surface area contributed by atoms with Crippen LogP contribution in [0.15, 0.2) is 82.6 Å². The second-order valence-corrected chi connectivity index (χ2v) is 8.07. The first kappa shape index (κ1) is 19.4. The molecule has 4 aromatic rings. The number of para-hydroxylation sites is 1. The number of aryl methyl sites for hydroxylation is 1. The monoisotopic (exact) mass is 423 g/mol. The maximum absolute atomic E-state index is 12.7. The average molecular weight is 423 g/mol. The Balaban J connectivity index is 1.46. The van der Waals surface area contributed by atoms with E-state index < -0.39 is 10.0 Å². The minimum Gasteiger partial charge on any atom is -0.361 e. The molecule has 0 fully saturated rings. The Morgan fingerprint density at radius 1 is 1.00 bits per heavy atom. The second kappa shape index (κ2) is 7.84. The Bertz CT molecular complexity index is 1280. The average Bonchev–Trinajstić information content (AvgIpc) is 3.40. The summed E-state index contributed by atoms with van der Waals surface area (Å²) in [7, 11) is -3.82. The number of aromatic nitrogens is 3. The number of nitrogens with zero attached hydrogens (tertiary/aromatic N) is 3. The molecule has 2 aromatic carbocycles. The van der Waals surface area contributed by atoms with Crippen molar-refractivity contribution in [2.24, 2.45) is 0 Å². The lowest BCUT2D eigenvalue weighted by Crippen LogP contribution is -2.13. The summed E-state index contributed by atoms with van der Waals surface area (Å²) in [5, 5.41) is 10.4. The van der Waals surface area contributed by atoms with E-state index in [0.717, 1.165) is 5.69 Å². The lowest BCUT2D eigenvalue weighted by Gasteiger charge is -2.08. The third-order valence-corrected chi connectivity index (χ3v) is 5.62. The molecule has 0 saturated carbocycles. The topological polar surface area (TPSA) is 119 Å². The third-order valence-electron chi connectivity index (χ3n) is 4.28. The second-order valence-electron chi connectivity index (χ2n) is 6.39. The molecule has 4 rings (SSSR count). The standard InChI is InChI=1S/C20H17N5O4S/c1-14-19(12-22-29-14)20(26)23-15-7-9-16(10-8-15)24-30(27,28)18-11-21-25(13-18)17-5-3-2-4-6-17/h2-13,24H,1H3,(H,23,26). The van der Waals surface area contributed by atoms with Crippen LogP contribution in [-0.2, 0) is 10.0 Å². The van der Waals surface area contributed by atoms with E-state index in [4.69, 9.17) is 4.52 Å². The summed E-state index contributed by atoms with van der Waals surface area (Å²) in [5.41, 5.74) is 1.93. The first-order valence-electron chi connectivity index (χ1n) is 8.88. The van der Waals surface area contributed by atoms with E-state index in [1.54, 1.807) is 31.2 Å². The van der Waals surface area contributed by atoms with Crippen molar-refractivity contribution >= 4 is 27.3 Å². The highest BCUT2D eigenvalue weighted by atomic mass is 32.2. The lowest BCUT2D eigenvalue weighted by molar-refractivity contribution is 0.102. The fourth-order valence-corrected chi connectivity index (χ4v) is 3.71. The largest absolute Gasteiger partial charge is 0.361 e. The summed E-state index contributed by atoms with van der Waals surface area (Å²) < 4.78 is 34.2.